The molecule has 1 aliphatic carbocycles. The van der Waals surface area contributed by atoms with E-state index in [1.54, 1.807) is 0 Å². The number of allylic oxidation sites excluding steroid dienone is 3. The molecule has 9 nitrogen and oxygen atoms in total. The molecule has 2 aromatic heterocycles. The number of carbonyl (C=O) groups excluding carboxylic acids is 3. The van der Waals surface area contributed by atoms with Crippen molar-refractivity contribution in [1.82, 2.24) is 9.97 Å². The molecule has 7 atom stereocenters. The van der Waals surface area contributed by atoms with Gasteiger partial charge in [-0.25, -0.2) is 0 Å². The third-order valence-electron chi connectivity index (χ3n) is 14.6. The van der Waals surface area contributed by atoms with E-state index in [-0.39, 0.29) is 65.7 Å². The molecule has 65 heavy (non-hydrogen) atoms. The van der Waals surface area contributed by atoms with Gasteiger partial charge in [0, 0.05) is 12.0 Å². The van der Waals surface area contributed by atoms with Gasteiger partial charge in [0.1, 0.15) is 12.5 Å². The van der Waals surface area contributed by atoms with E-state index in [0.717, 1.165) is 76.2 Å². The number of Topliss-reactive ketones (excluding diaryl/α,β-unsaturated/α-hetero) is 1. The minimum absolute atomic E-state index is 0. The second-order valence-electron chi connectivity index (χ2n) is 19.8. The smallest absolute Gasteiger partial charge is 0.682 e. The Hall–Kier alpha value is -4.02. The first-order chi connectivity index (χ1) is 30.6. The van der Waals surface area contributed by atoms with E-state index in [9.17, 15) is 14.4 Å². The van der Waals surface area contributed by atoms with Crippen LogP contribution in [-0.2, 0) is 25.5 Å². The van der Waals surface area contributed by atoms with Gasteiger partial charge in [-0.3, -0.25) is 14.4 Å². The van der Waals surface area contributed by atoms with Crippen molar-refractivity contribution in [1.29, 1.82) is 0 Å². The monoisotopic (exact) mass is 895 g/mol. The van der Waals surface area contributed by atoms with Crippen molar-refractivity contribution in [3.05, 3.63) is 108 Å². The number of rotatable bonds is 20. The quantitative estimate of drug-likeness (QED) is 0.0561. The molecule has 2 aromatic rings. The van der Waals surface area contributed by atoms with Crippen molar-refractivity contribution in [2.75, 3.05) is 13.7 Å². The number of fused-ring (bicyclic) bond motifs is 8. The Morgan fingerprint density at radius 1 is 0.892 bits per heavy atom. The Balaban J connectivity index is 0.00000793. The van der Waals surface area contributed by atoms with Crippen LogP contribution in [0.4, 0.5) is 0 Å². The van der Waals surface area contributed by atoms with Crippen molar-refractivity contribution >= 4 is 58.5 Å². The first-order valence-corrected chi connectivity index (χ1v) is 24.2. The average molecular weight is 896 g/mol. The van der Waals surface area contributed by atoms with Crippen molar-refractivity contribution in [3.63, 3.8) is 0 Å². The Labute approximate surface area is 405 Å². The minimum atomic E-state index is -1.18. The summed E-state index contributed by atoms with van der Waals surface area (Å²) in [5.74, 6) is -0.435. The average Bonchev–Trinajstić information content (AvgIpc) is 3.99. The van der Waals surface area contributed by atoms with Crippen LogP contribution >= 0.6 is 0 Å². The number of ether oxygens (including phenoxy) is 2. The normalized spacial score (nSPS) is 24.3. The molecular formula is C55H74MgN4O5-2. The summed E-state index contributed by atoms with van der Waals surface area (Å²) in [5, 5.41) is 11.7. The predicted octanol–water partition coefficient (Wildman–Crippen LogP) is 10.6. The first kappa shape index (κ1) is 52.0. The van der Waals surface area contributed by atoms with Crippen LogP contribution in [-0.4, -0.2) is 66.6 Å². The zero-order valence-corrected chi connectivity index (χ0v) is 42.9. The minimum Gasteiger partial charge on any atom is -0.682 e. The van der Waals surface area contributed by atoms with Crippen molar-refractivity contribution in [2.24, 2.45) is 35.5 Å². The summed E-state index contributed by atoms with van der Waals surface area (Å²) in [6.07, 6.45) is 22.7. The van der Waals surface area contributed by atoms with Crippen molar-refractivity contribution in [2.45, 2.75) is 158 Å². The number of nitrogens with zero attached hydrogens (tertiary/aromatic N) is 4. The van der Waals surface area contributed by atoms with Crippen LogP contribution in [0.2, 0.25) is 0 Å². The Bertz CT molecular complexity index is 2340. The van der Waals surface area contributed by atoms with Crippen LogP contribution in [0.1, 0.15) is 164 Å². The van der Waals surface area contributed by atoms with Gasteiger partial charge in [-0.2, -0.15) is 5.70 Å². The van der Waals surface area contributed by atoms with Gasteiger partial charge in [-0.1, -0.05) is 157 Å². The molecule has 3 aliphatic heterocycles. The van der Waals surface area contributed by atoms with Gasteiger partial charge in [-0.15, -0.1) is 33.9 Å². The third-order valence-corrected chi connectivity index (χ3v) is 14.6. The summed E-state index contributed by atoms with van der Waals surface area (Å²) in [5.41, 5.74) is 10.4. The summed E-state index contributed by atoms with van der Waals surface area (Å²) in [4.78, 5) is 51.6. The largest absolute Gasteiger partial charge is 2.00 e. The van der Waals surface area contributed by atoms with Gasteiger partial charge in [0.15, 0.2) is 5.78 Å². The molecule has 4 aliphatic rings. The number of esters is 2. The molecule has 5 heterocycles. The number of aromatic nitrogens is 2. The Kier molecular flexibility index (Phi) is 18.5. The molecule has 1 fully saturated rings. The number of hydrogen-bond donors (Lipinski definition) is 0. The molecule has 1 saturated heterocycles. The van der Waals surface area contributed by atoms with E-state index < -0.39 is 17.9 Å². The molecule has 0 saturated carbocycles. The molecule has 0 N–H and O–H groups in total. The molecule has 0 amide bonds. The van der Waals surface area contributed by atoms with E-state index >= 15 is 0 Å². The predicted molar refractivity (Wildman–Crippen MR) is 265 cm³/mol. The molecule has 6 rings (SSSR count). The van der Waals surface area contributed by atoms with Crippen LogP contribution in [0.15, 0.2) is 52.9 Å². The van der Waals surface area contributed by atoms with E-state index in [4.69, 9.17) is 30.1 Å². The fourth-order valence-corrected chi connectivity index (χ4v) is 10.5. The second-order valence-corrected chi connectivity index (χ2v) is 19.8. The van der Waals surface area contributed by atoms with Crippen LogP contribution < -0.4 is 20.7 Å². The summed E-state index contributed by atoms with van der Waals surface area (Å²) < 4.78 is 11.1. The van der Waals surface area contributed by atoms with Gasteiger partial charge in [0.2, 0.25) is 0 Å². The fourth-order valence-electron chi connectivity index (χ4n) is 10.5. The van der Waals surface area contributed by atoms with Gasteiger partial charge < -0.3 is 30.1 Å². The van der Waals surface area contributed by atoms with Gasteiger partial charge in [-0.05, 0) is 94.6 Å². The molecule has 8 bridgehead atoms. The maximum absolute atomic E-state index is 14.4. The topological polar surface area (TPSA) is 126 Å². The van der Waals surface area contributed by atoms with Gasteiger partial charge in [0.25, 0.3) is 0 Å². The third kappa shape index (κ3) is 11.8. The molecule has 0 spiro atoms. The first-order valence-electron chi connectivity index (χ1n) is 24.2. The summed E-state index contributed by atoms with van der Waals surface area (Å²) in [6.45, 7) is 26.2. The van der Waals surface area contributed by atoms with Crippen molar-refractivity contribution in [3.8, 4) is 0 Å². The Morgan fingerprint density at radius 2 is 1.57 bits per heavy atom. The summed E-state index contributed by atoms with van der Waals surface area (Å²) in [6, 6.07) is -0.896. The summed E-state index contributed by atoms with van der Waals surface area (Å²) >= 11 is 0. The zero-order valence-electron chi connectivity index (χ0n) is 41.4. The van der Waals surface area contributed by atoms with Gasteiger partial charge in [0.05, 0.1) is 7.11 Å². The molecule has 2 unspecified atom stereocenters. The van der Waals surface area contributed by atoms with E-state index in [2.05, 4.69) is 75.0 Å². The standard InChI is InChI=1S/C55H75N4O5.Mg/c1-13-39-35(8)42-28-44-37(10)41(24-25-48(60)64-27-26-34(7)23-17-22-33(6)21-16-20-32(5)19-15-18-31(3)4)52(58-44)50-51(55(62)63-12)54(61)49-38(11)45(59-53(49)50)30-47-40(14-2)36(9)43(57-47)29-46(39)56-42;/h13,26,28-33,37,41-42,51-52H,1,14-25,27H2,2-12H3,(H-,56,57,61);/q-3;+2/p-1/b34-26+,44-28-;/t32-,33-,37+,41+,42?,51-,52?;/m1./s1. The molecular weight excluding hydrogens is 821 g/mol. The van der Waals surface area contributed by atoms with Gasteiger partial charge >= 0.3 is 35.0 Å². The maximum Gasteiger partial charge on any atom is 2.00 e. The fraction of sp³-hybridized carbons (Fsp3) is 0.582. The van der Waals surface area contributed by atoms with Crippen LogP contribution in [0.25, 0.3) is 28.4 Å². The van der Waals surface area contributed by atoms with E-state index in [1.807, 2.05) is 31.2 Å². The maximum atomic E-state index is 14.4. The number of methoxy groups -OCH3 is 1. The number of carbonyl (C=O) groups is 3. The van der Waals surface area contributed by atoms with Crippen LogP contribution in [0.3, 0.4) is 0 Å². The number of hydrogen-bond acceptors (Lipinski definition) is 5. The molecule has 348 valence electrons. The Morgan fingerprint density at radius 3 is 2.22 bits per heavy atom. The van der Waals surface area contributed by atoms with Crippen LogP contribution in [0, 0.1) is 49.4 Å². The molecule has 0 radical (unpaired) electrons. The second kappa shape index (κ2) is 23.1. The van der Waals surface area contributed by atoms with Crippen molar-refractivity contribution < 1.29 is 23.9 Å². The summed E-state index contributed by atoms with van der Waals surface area (Å²) in [7, 11) is 1.31. The zero-order chi connectivity index (χ0) is 46.4. The van der Waals surface area contributed by atoms with Crippen LogP contribution in [0.5, 0.6) is 0 Å². The van der Waals surface area contributed by atoms with E-state index in [0.29, 0.717) is 39.7 Å². The molecule has 0 aromatic carbocycles. The van der Waals surface area contributed by atoms with E-state index in [1.165, 1.54) is 57.6 Å². The number of ketones is 1. The molecule has 10 heteroatoms. The SMILES string of the molecule is C=CC1=C(C)C2/C=C3\[N-]C(C4=c5[n-]/c(c(C)c5C(=O)[C@@H]4C(=O)OC)=C\c4[n-]c(c(C)c4CC)/C=C/1[N-]2)[C@@H](CCC(=O)OC/C=C(\C)CCC[C@H](C)CCC[C@H](C)CCCC(C)C)[C@@H]3C.[Mg+2].